The predicted octanol–water partition coefficient (Wildman–Crippen LogP) is 5.25. The van der Waals surface area contributed by atoms with E-state index in [4.69, 9.17) is 23.2 Å². The van der Waals surface area contributed by atoms with Crippen LogP contribution >= 0.6 is 23.2 Å². The third kappa shape index (κ3) is 4.23. The van der Waals surface area contributed by atoms with Crippen molar-refractivity contribution < 1.29 is 18.0 Å². The van der Waals surface area contributed by atoms with E-state index >= 15 is 0 Å². The van der Waals surface area contributed by atoms with Crippen molar-refractivity contribution in [1.82, 2.24) is 19.9 Å². The highest BCUT2D eigenvalue weighted by atomic mass is 35.5. The predicted molar refractivity (Wildman–Crippen MR) is 101 cm³/mol. The van der Waals surface area contributed by atoms with Gasteiger partial charge in [-0.2, -0.15) is 18.3 Å². The fourth-order valence-corrected chi connectivity index (χ4v) is 2.79. The molecule has 1 amide bonds. The minimum absolute atomic E-state index is 0.0288. The van der Waals surface area contributed by atoms with Gasteiger partial charge in [0.05, 0.1) is 15.7 Å². The number of aromatic nitrogens is 3. The van der Waals surface area contributed by atoms with Crippen molar-refractivity contribution in [3.8, 4) is 11.3 Å². The van der Waals surface area contributed by atoms with E-state index in [1.165, 1.54) is 24.3 Å². The van der Waals surface area contributed by atoms with Gasteiger partial charge in [0.25, 0.3) is 5.91 Å². The van der Waals surface area contributed by atoms with Gasteiger partial charge in [-0.3, -0.25) is 4.79 Å². The Morgan fingerprint density at radius 2 is 1.75 bits per heavy atom. The molecule has 3 rings (SSSR count). The molecule has 0 aliphatic carbocycles. The lowest BCUT2D eigenvalue weighted by Crippen LogP contribution is -2.40. The average Bonchev–Trinajstić information content (AvgIpc) is 2.98. The van der Waals surface area contributed by atoms with E-state index in [0.717, 1.165) is 6.07 Å². The molecular weight excluding hydrogens is 416 g/mol. The highest BCUT2D eigenvalue weighted by molar-refractivity contribution is 6.42. The topological polar surface area (TPSA) is 59.3 Å². The van der Waals surface area contributed by atoms with Crippen LogP contribution in [-0.2, 0) is 6.18 Å². The van der Waals surface area contributed by atoms with Crippen molar-refractivity contribution in [2.75, 3.05) is 0 Å². The number of carbonyl (C=O) groups is 1. The molecule has 0 unspecified atom stereocenters. The number of amides is 1. The average molecular weight is 431 g/mol. The molecule has 1 aromatic carbocycles. The van der Waals surface area contributed by atoms with Crippen molar-refractivity contribution in [2.45, 2.75) is 32.5 Å². The van der Waals surface area contributed by atoms with E-state index in [1.54, 1.807) is 20.8 Å². The maximum atomic E-state index is 13.6. The molecule has 0 atom stereocenters. The first-order valence-corrected chi connectivity index (χ1v) is 8.87. The number of alkyl halides is 3. The lowest BCUT2D eigenvalue weighted by Gasteiger charge is -2.19. The normalized spacial score (nSPS) is 12.4. The Bertz CT molecular complexity index is 1070. The van der Waals surface area contributed by atoms with Crippen LogP contribution in [0.15, 0.2) is 30.3 Å². The lowest BCUT2D eigenvalue weighted by atomic mass is 10.1. The highest BCUT2D eigenvalue weighted by Crippen LogP contribution is 2.34. The number of benzene rings is 1. The van der Waals surface area contributed by atoms with E-state index in [1.807, 2.05) is 0 Å². The second kappa shape index (κ2) is 6.93. The van der Waals surface area contributed by atoms with Crippen molar-refractivity contribution in [3.63, 3.8) is 0 Å². The molecule has 148 valence electrons. The first-order valence-electron chi connectivity index (χ1n) is 8.11. The molecule has 5 nitrogen and oxygen atoms in total. The molecule has 3 aromatic rings. The third-order valence-corrected chi connectivity index (χ3v) is 4.39. The molecule has 0 saturated carbocycles. The van der Waals surface area contributed by atoms with Crippen molar-refractivity contribution >= 4 is 34.8 Å². The fraction of sp³-hybridized carbons (Fsp3) is 0.278. The second-order valence-electron chi connectivity index (χ2n) is 7.16. The van der Waals surface area contributed by atoms with E-state index in [-0.39, 0.29) is 27.1 Å². The number of halogens is 5. The summed E-state index contributed by atoms with van der Waals surface area (Å²) in [5.74, 6) is -0.595. The Morgan fingerprint density at radius 3 is 2.32 bits per heavy atom. The standard InChI is InChI=1S/C18H15Cl2F3N4O/c1-17(2,3)25-16(28)13-8-15-24-12(9-4-5-10(19)11(20)6-9)7-14(18(21,22)23)27(15)26-13/h4-8H,1-3H3,(H,25,28). The molecule has 0 saturated heterocycles. The zero-order valence-electron chi connectivity index (χ0n) is 15.0. The van der Waals surface area contributed by atoms with Gasteiger partial charge in [-0.25, -0.2) is 9.50 Å². The summed E-state index contributed by atoms with van der Waals surface area (Å²) in [5, 5.41) is 6.92. The molecule has 28 heavy (non-hydrogen) atoms. The summed E-state index contributed by atoms with van der Waals surface area (Å²) in [6.07, 6.45) is -4.71. The molecular formula is C18H15Cl2F3N4O. The molecule has 10 heteroatoms. The van der Waals surface area contributed by atoms with E-state index < -0.39 is 23.3 Å². The SMILES string of the molecule is CC(C)(C)NC(=O)c1cc2nc(-c3ccc(Cl)c(Cl)c3)cc(C(F)(F)F)n2n1. The Kier molecular flexibility index (Phi) is 5.05. The molecule has 0 fully saturated rings. The number of rotatable bonds is 2. The molecule has 0 radical (unpaired) electrons. The molecule has 0 aliphatic rings. The first-order chi connectivity index (χ1) is 12.8. The number of hydrogen-bond donors (Lipinski definition) is 1. The minimum Gasteiger partial charge on any atom is -0.346 e. The highest BCUT2D eigenvalue weighted by Gasteiger charge is 2.36. The van der Waals surface area contributed by atoms with Crippen molar-refractivity contribution in [1.29, 1.82) is 0 Å². The molecule has 1 N–H and O–H groups in total. The van der Waals surface area contributed by atoms with Crippen LogP contribution in [0.25, 0.3) is 16.9 Å². The van der Waals surface area contributed by atoms with Crippen molar-refractivity contribution in [3.05, 3.63) is 51.8 Å². The zero-order chi connectivity index (χ0) is 20.9. The van der Waals surface area contributed by atoms with Crippen LogP contribution in [0, 0.1) is 0 Å². The van der Waals surface area contributed by atoms with Crippen molar-refractivity contribution in [2.24, 2.45) is 0 Å². The molecule has 0 spiro atoms. The summed E-state index contributed by atoms with van der Waals surface area (Å²) < 4.78 is 41.4. The minimum atomic E-state index is -4.71. The smallest absolute Gasteiger partial charge is 0.346 e. The summed E-state index contributed by atoms with van der Waals surface area (Å²) >= 11 is 11.8. The van der Waals surface area contributed by atoms with E-state index in [9.17, 15) is 18.0 Å². The van der Waals surface area contributed by atoms with Gasteiger partial charge in [0.1, 0.15) is 0 Å². The maximum absolute atomic E-state index is 13.6. The lowest BCUT2D eigenvalue weighted by molar-refractivity contribution is -0.142. The van der Waals surface area contributed by atoms with Crippen LogP contribution in [0.5, 0.6) is 0 Å². The van der Waals surface area contributed by atoms with Gasteiger partial charge in [-0.05, 0) is 39.0 Å². The van der Waals surface area contributed by atoms with Crippen LogP contribution < -0.4 is 5.32 Å². The Hall–Kier alpha value is -2.32. The fourth-order valence-electron chi connectivity index (χ4n) is 2.50. The quantitative estimate of drug-likeness (QED) is 0.603. The van der Waals surface area contributed by atoms with E-state index in [0.29, 0.717) is 10.1 Å². The summed E-state index contributed by atoms with van der Waals surface area (Å²) in [5.41, 5.74) is -1.54. The van der Waals surface area contributed by atoms with Gasteiger partial charge >= 0.3 is 6.18 Å². The number of nitrogens with one attached hydrogen (secondary N) is 1. The maximum Gasteiger partial charge on any atom is 0.433 e. The van der Waals surface area contributed by atoms with Crippen LogP contribution in [0.1, 0.15) is 37.0 Å². The van der Waals surface area contributed by atoms with Crippen LogP contribution in [0.3, 0.4) is 0 Å². The van der Waals surface area contributed by atoms with Crippen LogP contribution in [-0.4, -0.2) is 26.0 Å². The summed E-state index contributed by atoms with van der Waals surface area (Å²) in [7, 11) is 0. The van der Waals surface area contributed by atoms with Gasteiger partial charge in [-0.15, -0.1) is 0 Å². The second-order valence-corrected chi connectivity index (χ2v) is 7.97. The Labute approximate surface area is 168 Å². The third-order valence-electron chi connectivity index (χ3n) is 3.65. The van der Waals surface area contributed by atoms with Gasteiger partial charge in [0, 0.05) is 17.2 Å². The molecule has 2 aromatic heterocycles. The van der Waals surface area contributed by atoms with Gasteiger partial charge in [-0.1, -0.05) is 29.3 Å². The zero-order valence-corrected chi connectivity index (χ0v) is 16.5. The van der Waals surface area contributed by atoms with Gasteiger partial charge < -0.3 is 5.32 Å². The summed E-state index contributed by atoms with van der Waals surface area (Å²) in [4.78, 5) is 16.5. The van der Waals surface area contributed by atoms with Crippen LogP contribution in [0.2, 0.25) is 10.0 Å². The summed E-state index contributed by atoms with van der Waals surface area (Å²) in [6.45, 7) is 5.26. The number of hydrogen-bond acceptors (Lipinski definition) is 3. The molecule has 2 heterocycles. The number of nitrogens with zero attached hydrogens (tertiary/aromatic N) is 3. The van der Waals surface area contributed by atoms with E-state index in [2.05, 4.69) is 15.4 Å². The Balaban J connectivity index is 2.18. The largest absolute Gasteiger partial charge is 0.433 e. The first kappa shape index (κ1) is 20.4. The Morgan fingerprint density at radius 1 is 1.07 bits per heavy atom. The summed E-state index contributed by atoms with van der Waals surface area (Å²) in [6, 6.07) is 6.46. The van der Waals surface area contributed by atoms with Gasteiger partial charge in [0.2, 0.25) is 0 Å². The van der Waals surface area contributed by atoms with Gasteiger partial charge in [0.15, 0.2) is 17.0 Å². The molecule has 0 aliphatic heterocycles. The van der Waals surface area contributed by atoms with Crippen LogP contribution in [0.4, 0.5) is 13.2 Å². The molecule has 0 bridgehead atoms. The number of fused-ring (bicyclic) bond motifs is 1. The number of carbonyl (C=O) groups excluding carboxylic acids is 1. The monoisotopic (exact) mass is 430 g/mol.